The molecule has 1 N–H and O–H groups in total. The van der Waals surface area contributed by atoms with Crippen molar-refractivity contribution in [2.24, 2.45) is 0 Å². The average molecular weight is 248 g/mol. The quantitative estimate of drug-likeness (QED) is 0.867. The van der Waals surface area contributed by atoms with Crippen molar-refractivity contribution in [3.05, 3.63) is 29.8 Å². The second-order valence-electron chi connectivity index (χ2n) is 3.88. The zero-order chi connectivity index (χ0) is 12.9. The van der Waals surface area contributed by atoms with Crippen LogP contribution in [0.4, 0.5) is 13.2 Å². The lowest BCUT2D eigenvalue weighted by Crippen LogP contribution is -2.21. The lowest BCUT2D eigenvalue weighted by atomic mass is 10.2. The van der Waals surface area contributed by atoms with Gasteiger partial charge in [-0.1, -0.05) is 18.2 Å². The van der Waals surface area contributed by atoms with Crippen molar-refractivity contribution >= 4 is 0 Å². The molecule has 0 bridgehead atoms. The Bertz CT molecular complexity index is 350. The van der Waals surface area contributed by atoms with Crippen molar-refractivity contribution in [2.45, 2.75) is 32.0 Å². The van der Waals surface area contributed by atoms with Gasteiger partial charge in [0.1, 0.15) is 12.4 Å². The fraction of sp³-hybridized carbons (Fsp3) is 0.500. The van der Waals surface area contributed by atoms with Crippen molar-refractivity contribution in [1.82, 2.24) is 0 Å². The maximum absolute atomic E-state index is 11.9. The molecular formula is C12H15F3O2. The predicted molar refractivity (Wildman–Crippen MR) is 58.0 cm³/mol. The van der Waals surface area contributed by atoms with Gasteiger partial charge in [-0.2, -0.15) is 13.2 Å². The summed E-state index contributed by atoms with van der Waals surface area (Å²) in [5, 5.41) is 9.34. The van der Waals surface area contributed by atoms with Gasteiger partial charge in [-0.25, -0.2) is 0 Å². The van der Waals surface area contributed by atoms with E-state index < -0.39 is 18.7 Å². The molecule has 0 saturated heterocycles. The number of aryl methyl sites for hydroxylation is 1. The summed E-state index contributed by atoms with van der Waals surface area (Å²) in [6, 6.07) is 7.15. The van der Waals surface area contributed by atoms with E-state index in [0.717, 1.165) is 5.56 Å². The molecule has 0 radical (unpaired) electrons. The third-order valence-electron chi connectivity index (χ3n) is 2.29. The lowest BCUT2D eigenvalue weighted by molar-refractivity contribution is -0.140. The van der Waals surface area contributed by atoms with Crippen LogP contribution in [0.5, 0.6) is 5.75 Å². The van der Waals surface area contributed by atoms with Crippen LogP contribution in [0.3, 0.4) is 0 Å². The summed E-state index contributed by atoms with van der Waals surface area (Å²) in [4.78, 5) is 0. The fourth-order valence-corrected chi connectivity index (χ4v) is 1.32. The molecule has 2 nitrogen and oxygen atoms in total. The van der Waals surface area contributed by atoms with Crippen LogP contribution in [0, 0.1) is 6.92 Å². The van der Waals surface area contributed by atoms with E-state index in [2.05, 4.69) is 0 Å². The number of hydrogen-bond donors (Lipinski definition) is 1. The highest BCUT2D eigenvalue weighted by Crippen LogP contribution is 2.23. The van der Waals surface area contributed by atoms with Gasteiger partial charge >= 0.3 is 6.18 Å². The van der Waals surface area contributed by atoms with E-state index >= 15 is 0 Å². The topological polar surface area (TPSA) is 29.5 Å². The minimum Gasteiger partial charge on any atom is -0.491 e. The summed E-state index contributed by atoms with van der Waals surface area (Å²) < 4.78 is 40.9. The average Bonchev–Trinajstić information content (AvgIpc) is 2.24. The number of para-hydroxylation sites is 1. The highest BCUT2D eigenvalue weighted by atomic mass is 19.4. The van der Waals surface area contributed by atoms with Gasteiger partial charge in [0.2, 0.25) is 0 Å². The summed E-state index contributed by atoms with van der Waals surface area (Å²) >= 11 is 0. The third-order valence-corrected chi connectivity index (χ3v) is 2.29. The second kappa shape index (κ2) is 5.91. The second-order valence-corrected chi connectivity index (χ2v) is 3.88. The summed E-state index contributed by atoms with van der Waals surface area (Å²) in [6.45, 7) is 1.71. The summed E-state index contributed by atoms with van der Waals surface area (Å²) in [5.41, 5.74) is 0.885. The van der Waals surface area contributed by atoms with E-state index in [-0.39, 0.29) is 13.0 Å². The smallest absolute Gasteiger partial charge is 0.389 e. The maximum atomic E-state index is 11.9. The van der Waals surface area contributed by atoms with Crippen molar-refractivity contribution in [1.29, 1.82) is 0 Å². The van der Waals surface area contributed by atoms with Crippen LogP contribution in [0.1, 0.15) is 18.4 Å². The van der Waals surface area contributed by atoms with Gasteiger partial charge in [-0.15, -0.1) is 0 Å². The molecule has 1 unspecified atom stereocenters. The van der Waals surface area contributed by atoms with Crippen LogP contribution >= 0.6 is 0 Å². The summed E-state index contributed by atoms with van der Waals surface area (Å²) in [5.74, 6) is 0.582. The molecular weight excluding hydrogens is 233 g/mol. The molecule has 0 amide bonds. The van der Waals surface area contributed by atoms with Crippen LogP contribution in [0.15, 0.2) is 24.3 Å². The van der Waals surface area contributed by atoms with E-state index in [9.17, 15) is 18.3 Å². The Balaban J connectivity index is 2.34. The molecule has 1 rings (SSSR count). The number of benzene rings is 1. The summed E-state index contributed by atoms with van der Waals surface area (Å²) in [7, 11) is 0. The number of ether oxygens (including phenoxy) is 1. The highest BCUT2D eigenvalue weighted by Gasteiger charge is 2.27. The Morgan fingerprint density at radius 2 is 1.94 bits per heavy atom. The first-order valence-corrected chi connectivity index (χ1v) is 5.32. The predicted octanol–water partition coefficient (Wildman–Crippen LogP) is 3.08. The zero-order valence-corrected chi connectivity index (χ0v) is 9.50. The molecule has 1 aromatic rings. The number of hydrogen-bond acceptors (Lipinski definition) is 2. The number of rotatable bonds is 5. The van der Waals surface area contributed by atoms with Gasteiger partial charge in [0, 0.05) is 6.42 Å². The maximum Gasteiger partial charge on any atom is 0.389 e. The molecule has 0 aromatic heterocycles. The molecule has 0 heterocycles. The van der Waals surface area contributed by atoms with Gasteiger partial charge in [0.05, 0.1) is 6.10 Å². The molecule has 0 aliphatic heterocycles. The van der Waals surface area contributed by atoms with Crippen LogP contribution < -0.4 is 4.74 Å². The Labute approximate surface area is 98.0 Å². The lowest BCUT2D eigenvalue weighted by Gasteiger charge is -2.14. The van der Waals surface area contributed by atoms with Gasteiger partial charge in [0.25, 0.3) is 0 Å². The van der Waals surface area contributed by atoms with Gasteiger partial charge in [0.15, 0.2) is 0 Å². The van der Waals surface area contributed by atoms with Gasteiger partial charge in [-0.3, -0.25) is 0 Å². The Hall–Kier alpha value is -1.23. The molecule has 1 atom stereocenters. The van der Waals surface area contributed by atoms with Crippen LogP contribution in [-0.4, -0.2) is 24.0 Å². The van der Waals surface area contributed by atoms with Gasteiger partial charge < -0.3 is 9.84 Å². The standard InChI is InChI=1S/C12H15F3O2/c1-9-4-2-3-5-11(9)17-8-10(16)6-7-12(13,14)15/h2-5,10,16H,6-8H2,1H3. The molecule has 96 valence electrons. The highest BCUT2D eigenvalue weighted by molar-refractivity contribution is 5.31. The molecule has 0 aliphatic carbocycles. The first kappa shape index (κ1) is 13.8. The zero-order valence-electron chi connectivity index (χ0n) is 9.50. The van der Waals surface area contributed by atoms with Crippen LogP contribution in [0.2, 0.25) is 0 Å². The number of alkyl halides is 3. The Morgan fingerprint density at radius 3 is 2.53 bits per heavy atom. The normalized spacial score (nSPS) is 13.5. The molecule has 5 heteroatoms. The van der Waals surface area contributed by atoms with E-state index in [4.69, 9.17) is 4.74 Å². The SMILES string of the molecule is Cc1ccccc1OCC(O)CCC(F)(F)F. The molecule has 0 spiro atoms. The van der Waals surface area contributed by atoms with E-state index in [1.807, 2.05) is 19.1 Å². The minimum atomic E-state index is -4.23. The minimum absolute atomic E-state index is 0.124. The third kappa shape index (κ3) is 5.58. The Morgan fingerprint density at radius 1 is 1.29 bits per heavy atom. The summed E-state index contributed by atoms with van der Waals surface area (Å²) in [6.07, 6.45) is -6.67. The van der Waals surface area contributed by atoms with Gasteiger partial charge in [-0.05, 0) is 25.0 Å². The van der Waals surface area contributed by atoms with Crippen LogP contribution in [-0.2, 0) is 0 Å². The van der Waals surface area contributed by atoms with Crippen molar-refractivity contribution in [3.8, 4) is 5.75 Å². The molecule has 0 aliphatic rings. The van der Waals surface area contributed by atoms with E-state index in [1.165, 1.54) is 0 Å². The molecule has 17 heavy (non-hydrogen) atoms. The first-order valence-electron chi connectivity index (χ1n) is 5.32. The monoisotopic (exact) mass is 248 g/mol. The number of halogens is 3. The molecule has 0 saturated carbocycles. The molecule has 1 aromatic carbocycles. The number of aliphatic hydroxyl groups is 1. The largest absolute Gasteiger partial charge is 0.491 e. The van der Waals surface area contributed by atoms with Crippen molar-refractivity contribution < 1.29 is 23.0 Å². The van der Waals surface area contributed by atoms with Crippen molar-refractivity contribution in [2.75, 3.05) is 6.61 Å². The van der Waals surface area contributed by atoms with E-state index in [1.54, 1.807) is 12.1 Å². The number of aliphatic hydroxyl groups excluding tert-OH is 1. The first-order chi connectivity index (χ1) is 7.88. The van der Waals surface area contributed by atoms with E-state index in [0.29, 0.717) is 5.75 Å². The van der Waals surface area contributed by atoms with Crippen molar-refractivity contribution in [3.63, 3.8) is 0 Å². The molecule has 0 fully saturated rings. The Kier molecular flexibility index (Phi) is 4.81. The van der Waals surface area contributed by atoms with Crippen LogP contribution in [0.25, 0.3) is 0 Å². The fourth-order valence-electron chi connectivity index (χ4n) is 1.32.